The monoisotopic (exact) mass is 258 g/mol. The molecule has 0 aliphatic rings. The number of hydrogen-bond acceptors (Lipinski definition) is 1. The van der Waals surface area contributed by atoms with E-state index in [-0.39, 0.29) is 0 Å². The van der Waals surface area contributed by atoms with Crippen molar-refractivity contribution >= 4 is 27.5 Å². The number of hydrogen-bond donors (Lipinski definition) is 0. The van der Waals surface area contributed by atoms with Gasteiger partial charge in [0.25, 0.3) is 0 Å². The Labute approximate surface area is 91.2 Å². The van der Waals surface area contributed by atoms with Crippen molar-refractivity contribution in [2.24, 2.45) is 0 Å². The van der Waals surface area contributed by atoms with Gasteiger partial charge in [-0.3, -0.25) is 0 Å². The minimum Gasteiger partial charge on any atom is -0.495 e. The Balaban J connectivity index is 3.23. The lowest BCUT2D eigenvalue weighted by Crippen LogP contribution is -1.92. The molecule has 1 rings (SSSR count). The van der Waals surface area contributed by atoms with E-state index >= 15 is 0 Å². The van der Waals surface area contributed by atoms with Gasteiger partial charge in [0.1, 0.15) is 5.75 Å². The number of benzene rings is 1. The number of methoxy groups -OCH3 is 1. The molecule has 0 saturated heterocycles. The van der Waals surface area contributed by atoms with E-state index in [9.17, 15) is 0 Å². The predicted octanol–water partition coefficient (Wildman–Crippen LogP) is 3.29. The second-order valence-corrected chi connectivity index (χ2v) is 3.75. The Hall–Kier alpha value is -0.650. The first-order valence-electron chi connectivity index (χ1n) is 3.64. The van der Waals surface area contributed by atoms with Crippen molar-refractivity contribution in [1.82, 2.24) is 0 Å². The van der Waals surface area contributed by atoms with Crippen LogP contribution < -0.4 is 4.74 Å². The fourth-order valence-corrected chi connectivity index (χ4v) is 2.12. The van der Waals surface area contributed by atoms with Gasteiger partial charge in [0, 0.05) is 17.0 Å². The minimum atomic E-state index is 0.516. The van der Waals surface area contributed by atoms with Crippen molar-refractivity contribution in [3.63, 3.8) is 0 Å². The van der Waals surface area contributed by atoms with Crippen LogP contribution >= 0.6 is 27.5 Å². The highest BCUT2D eigenvalue weighted by atomic mass is 79.9. The summed E-state index contributed by atoms with van der Waals surface area (Å²) in [7, 11) is 1.61. The Morgan fingerprint density at radius 1 is 1.62 bits per heavy atom. The van der Waals surface area contributed by atoms with Crippen molar-refractivity contribution in [3.05, 3.63) is 27.2 Å². The van der Waals surface area contributed by atoms with Crippen LogP contribution in [-0.2, 0) is 6.42 Å². The summed E-state index contributed by atoms with van der Waals surface area (Å²) < 4.78 is 6.01. The molecule has 0 aromatic heterocycles. The smallest absolute Gasteiger partial charge is 0.137 e. The van der Waals surface area contributed by atoms with Crippen LogP contribution in [-0.4, -0.2) is 7.11 Å². The van der Waals surface area contributed by atoms with Crippen molar-refractivity contribution < 1.29 is 4.74 Å². The summed E-state index contributed by atoms with van der Waals surface area (Å²) in [5.41, 5.74) is 0.921. The second kappa shape index (κ2) is 4.55. The van der Waals surface area contributed by atoms with Gasteiger partial charge in [0.15, 0.2) is 0 Å². The quantitative estimate of drug-likeness (QED) is 0.741. The zero-order valence-electron chi connectivity index (χ0n) is 7.10. The second-order valence-electron chi connectivity index (χ2n) is 2.46. The van der Waals surface area contributed by atoms with Crippen molar-refractivity contribution in [1.29, 1.82) is 0 Å². The first-order valence-corrected chi connectivity index (χ1v) is 4.81. The summed E-state index contributed by atoms with van der Waals surface area (Å²) in [6.45, 7) is 0. The highest BCUT2D eigenvalue weighted by molar-refractivity contribution is 9.10. The lowest BCUT2D eigenvalue weighted by molar-refractivity contribution is 0.408. The van der Waals surface area contributed by atoms with E-state index in [4.69, 9.17) is 22.8 Å². The van der Waals surface area contributed by atoms with E-state index in [0.717, 1.165) is 15.8 Å². The maximum Gasteiger partial charge on any atom is 0.137 e. The average molecular weight is 260 g/mol. The minimum absolute atomic E-state index is 0.516. The van der Waals surface area contributed by atoms with Gasteiger partial charge in [-0.25, -0.2) is 0 Å². The van der Waals surface area contributed by atoms with Gasteiger partial charge >= 0.3 is 0 Å². The topological polar surface area (TPSA) is 9.23 Å². The molecule has 0 spiro atoms. The third-order valence-electron chi connectivity index (χ3n) is 1.58. The Morgan fingerprint density at radius 2 is 2.31 bits per heavy atom. The Kier molecular flexibility index (Phi) is 3.65. The van der Waals surface area contributed by atoms with Gasteiger partial charge in [-0.2, -0.15) is 0 Å². The van der Waals surface area contributed by atoms with Crippen LogP contribution in [0.2, 0.25) is 5.02 Å². The van der Waals surface area contributed by atoms with Crippen molar-refractivity contribution in [2.45, 2.75) is 6.42 Å². The fourth-order valence-electron chi connectivity index (χ4n) is 1.08. The molecule has 68 valence electrons. The van der Waals surface area contributed by atoms with Gasteiger partial charge in [0.2, 0.25) is 0 Å². The third-order valence-corrected chi connectivity index (χ3v) is 2.39. The summed E-state index contributed by atoms with van der Waals surface area (Å²) in [6.07, 6.45) is 5.74. The molecule has 0 amide bonds. The van der Waals surface area contributed by atoms with Crippen LogP contribution in [0.1, 0.15) is 5.56 Å². The van der Waals surface area contributed by atoms with Gasteiger partial charge in [-0.15, -0.1) is 12.3 Å². The van der Waals surface area contributed by atoms with Gasteiger partial charge in [0.05, 0.1) is 11.6 Å². The third kappa shape index (κ3) is 2.40. The summed E-state index contributed by atoms with van der Waals surface area (Å²) in [6, 6.07) is 3.59. The van der Waals surface area contributed by atoms with E-state index in [1.807, 2.05) is 6.07 Å². The molecule has 3 heteroatoms. The van der Waals surface area contributed by atoms with Crippen LogP contribution in [0.5, 0.6) is 5.75 Å². The first-order chi connectivity index (χ1) is 6.19. The SMILES string of the molecule is C#CCc1cc(Cl)cc(Br)c1OC. The van der Waals surface area contributed by atoms with E-state index in [0.29, 0.717) is 11.4 Å². The first kappa shape index (κ1) is 10.4. The highest BCUT2D eigenvalue weighted by Crippen LogP contribution is 2.32. The predicted molar refractivity (Wildman–Crippen MR) is 58.2 cm³/mol. The fraction of sp³-hybridized carbons (Fsp3) is 0.200. The summed E-state index contributed by atoms with van der Waals surface area (Å²) in [5.74, 6) is 3.31. The lowest BCUT2D eigenvalue weighted by atomic mass is 10.1. The van der Waals surface area contributed by atoms with Gasteiger partial charge in [-0.05, 0) is 28.1 Å². The van der Waals surface area contributed by atoms with Crippen molar-refractivity contribution in [3.8, 4) is 18.1 Å². The molecule has 1 aromatic rings. The maximum atomic E-state index is 5.86. The number of ether oxygens (including phenoxy) is 1. The van der Waals surface area contributed by atoms with Gasteiger partial charge < -0.3 is 4.74 Å². The van der Waals surface area contributed by atoms with Crippen LogP contribution in [0.25, 0.3) is 0 Å². The van der Waals surface area contributed by atoms with Crippen LogP contribution in [0.15, 0.2) is 16.6 Å². The van der Waals surface area contributed by atoms with Crippen LogP contribution in [0.3, 0.4) is 0 Å². The van der Waals surface area contributed by atoms with E-state index in [1.165, 1.54) is 0 Å². The van der Waals surface area contributed by atoms with Gasteiger partial charge in [-0.1, -0.05) is 11.6 Å². The van der Waals surface area contributed by atoms with Crippen molar-refractivity contribution in [2.75, 3.05) is 7.11 Å². The molecule has 0 unspecified atom stereocenters. The molecule has 0 radical (unpaired) electrons. The lowest BCUT2D eigenvalue weighted by Gasteiger charge is -2.08. The zero-order chi connectivity index (χ0) is 9.84. The molecular formula is C10H8BrClO. The molecule has 13 heavy (non-hydrogen) atoms. The van der Waals surface area contributed by atoms with E-state index in [1.54, 1.807) is 13.2 Å². The maximum absolute atomic E-state index is 5.86. The zero-order valence-corrected chi connectivity index (χ0v) is 9.45. The molecule has 0 heterocycles. The molecule has 1 aromatic carbocycles. The van der Waals surface area contributed by atoms with Crippen LogP contribution in [0.4, 0.5) is 0 Å². The standard InChI is InChI=1S/C10H8BrClO/c1-3-4-7-5-8(12)6-9(11)10(7)13-2/h1,5-6H,4H2,2H3. The molecule has 0 bridgehead atoms. The number of halogens is 2. The highest BCUT2D eigenvalue weighted by Gasteiger charge is 2.07. The molecule has 0 N–H and O–H groups in total. The normalized spacial score (nSPS) is 9.38. The van der Waals surface area contributed by atoms with E-state index < -0.39 is 0 Å². The molecule has 0 saturated carbocycles. The molecule has 0 aliphatic carbocycles. The Bertz CT molecular complexity index is 355. The number of rotatable bonds is 2. The molecule has 0 atom stereocenters. The van der Waals surface area contributed by atoms with E-state index in [2.05, 4.69) is 21.9 Å². The largest absolute Gasteiger partial charge is 0.495 e. The molecule has 0 aliphatic heterocycles. The Morgan fingerprint density at radius 3 is 2.85 bits per heavy atom. The summed E-state index contributed by atoms with van der Waals surface area (Å²) in [4.78, 5) is 0. The molecular weight excluding hydrogens is 251 g/mol. The van der Waals surface area contributed by atoms with Crippen LogP contribution in [0, 0.1) is 12.3 Å². The molecule has 0 fully saturated rings. The summed E-state index contributed by atoms with van der Waals surface area (Å²) in [5, 5.41) is 0.651. The average Bonchev–Trinajstić information content (AvgIpc) is 2.04. The molecule has 1 nitrogen and oxygen atoms in total. The summed E-state index contributed by atoms with van der Waals surface area (Å²) >= 11 is 9.21. The number of terminal acetylenes is 1.